The number of terminal acetylenes is 1. The van der Waals surface area contributed by atoms with Crippen LogP contribution in [0.15, 0.2) is 33.6 Å². The number of imide groups is 1. The Kier molecular flexibility index (Phi) is 6.77. The Bertz CT molecular complexity index is 1080. The summed E-state index contributed by atoms with van der Waals surface area (Å²) < 4.78 is 15.2. The molecule has 0 unspecified atom stereocenters. The van der Waals surface area contributed by atoms with Crippen LogP contribution in [0.25, 0.3) is 6.08 Å². The summed E-state index contributed by atoms with van der Waals surface area (Å²) in [5, 5.41) is -0.0447. The highest BCUT2D eigenvalue weighted by molar-refractivity contribution is 8.18. The van der Waals surface area contributed by atoms with Gasteiger partial charge in [0, 0.05) is 0 Å². The van der Waals surface area contributed by atoms with E-state index < -0.39 is 17.1 Å². The molecular formula is C20H13Cl2NO6S. The van der Waals surface area contributed by atoms with E-state index in [1.54, 1.807) is 12.1 Å². The van der Waals surface area contributed by atoms with E-state index in [0.717, 1.165) is 16.7 Å². The zero-order valence-electron chi connectivity index (χ0n) is 15.4. The molecule has 1 aliphatic rings. The maximum absolute atomic E-state index is 12.7. The molecule has 2 amide bonds. The van der Waals surface area contributed by atoms with E-state index in [-0.39, 0.29) is 45.4 Å². The minimum Gasteiger partial charge on any atom is -0.478 e. The van der Waals surface area contributed by atoms with Crippen LogP contribution in [0, 0.1) is 12.3 Å². The largest absolute Gasteiger partial charge is 0.478 e. The molecule has 0 N–H and O–H groups in total. The van der Waals surface area contributed by atoms with E-state index in [9.17, 15) is 14.4 Å². The van der Waals surface area contributed by atoms with Gasteiger partial charge in [-0.05, 0) is 47.7 Å². The number of methoxy groups -OCH3 is 1. The molecule has 1 aliphatic heterocycles. The van der Waals surface area contributed by atoms with Crippen molar-refractivity contribution in [3.05, 3.63) is 56.3 Å². The van der Waals surface area contributed by atoms with E-state index in [4.69, 9.17) is 38.8 Å². The lowest BCUT2D eigenvalue weighted by Crippen LogP contribution is -2.27. The molecule has 7 nitrogen and oxygen atoms in total. The number of thioether (sulfide) groups is 1. The summed E-state index contributed by atoms with van der Waals surface area (Å²) in [6.07, 6.45) is 6.65. The number of hydrogen-bond acceptors (Lipinski definition) is 7. The molecule has 2 heterocycles. The lowest BCUT2D eigenvalue weighted by Gasteiger charge is -2.10. The number of nitrogens with zero attached hydrogens (tertiary/aromatic N) is 1. The predicted octanol–water partition coefficient (Wildman–Crippen LogP) is 4.62. The zero-order chi connectivity index (χ0) is 21.8. The second-order valence-corrected chi connectivity index (χ2v) is 7.64. The van der Waals surface area contributed by atoms with Gasteiger partial charge in [-0.1, -0.05) is 29.1 Å². The molecular weight excluding hydrogens is 453 g/mol. The van der Waals surface area contributed by atoms with E-state index in [2.05, 4.69) is 10.7 Å². The number of rotatable bonds is 6. The second-order valence-electron chi connectivity index (χ2n) is 5.83. The van der Waals surface area contributed by atoms with Crippen LogP contribution >= 0.6 is 35.0 Å². The van der Waals surface area contributed by atoms with Gasteiger partial charge in [0.05, 0.1) is 28.6 Å². The molecule has 30 heavy (non-hydrogen) atoms. The topological polar surface area (TPSA) is 86.1 Å². The summed E-state index contributed by atoms with van der Waals surface area (Å²) in [6.45, 7) is -0.123. The number of amides is 2. The van der Waals surface area contributed by atoms with Crippen LogP contribution < -0.4 is 4.74 Å². The highest BCUT2D eigenvalue weighted by Crippen LogP contribution is 2.37. The first kappa shape index (κ1) is 21.8. The lowest BCUT2D eigenvalue weighted by molar-refractivity contribution is -0.123. The molecule has 0 aliphatic carbocycles. The molecule has 0 saturated carbocycles. The van der Waals surface area contributed by atoms with Crippen molar-refractivity contribution in [2.24, 2.45) is 0 Å². The van der Waals surface area contributed by atoms with Gasteiger partial charge in [0.2, 0.25) is 5.76 Å². The number of ether oxygens (including phenoxy) is 2. The molecule has 3 rings (SSSR count). The predicted molar refractivity (Wildman–Crippen MR) is 112 cm³/mol. The van der Waals surface area contributed by atoms with Crippen LogP contribution in [0.3, 0.4) is 0 Å². The number of carbonyl (C=O) groups is 3. The quantitative estimate of drug-likeness (QED) is 0.349. The molecule has 1 saturated heterocycles. The monoisotopic (exact) mass is 465 g/mol. The number of carbonyl (C=O) groups excluding carboxylic acids is 3. The first-order valence-electron chi connectivity index (χ1n) is 8.31. The maximum Gasteiger partial charge on any atom is 0.373 e. The van der Waals surface area contributed by atoms with Crippen LogP contribution in [0.2, 0.25) is 10.0 Å². The summed E-state index contributed by atoms with van der Waals surface area (Å²) in [5.41, 5.74) is 0.509. The molecule has 0 atom stereocenters. The summed E-state index contributed by atoms with van der Waals surface area (Å²) >= 11 is 13.1. The van der Waals surface area contributed by atoms with Gasteiger partial charge in [-0.3, -0.25) is 14.5 Å². The second kappa shape index (κ2) is 9.30. The van der Waals surface area contributed by atoms with Gasteiger partial charge >= 0.3 is 5.97 Å². The van der Waals surface area contributed by atoms with Crippen molar-refractivity contribution < 1.29 is 28.3 Å². The average molecular weight is 466 g/mol. The highest BCUT2D eigenvalue weighted by atomic mass is 35.5. The Morgan fingerprint density at radius 2 is 2.00 bits per heavy atom. The Morgan fingerprint density at radius 3 is 2.63 bits per heavy atom. The fourth-order valence-corrected chi connectivity index (χ4v) is 3.98. The van der Waals surface area contributed by atoms with Crippen molar-refractivity contribution in [2.75, 3.05) is 13.7 Å². The molecule has 0 radical (unpaired) electrons. The van der Waals surface area contributed by atoms with Crippen LogP contribution in [-0.2, 0) is 16.1 Å². The first-order valence-corrected chi connectivity index (χ1v) is 9.89. The summed E-state index contributed by atoms with van der Waals surface area (Å²) in [6, 6.07) is 5.99. The number of esters is 1. The Labute approximate surface area is 185 Å². The third kappa shape index (κ3) is 4.65. The van der Waals surface area contributed by atoms with Crippen LogP contribution in [0.1, 0.15) is 21.9 Å². The molecule has 1 aromatic carbocycles. The fraction of sp³-hybridized carbons (Fsp3) is 0.150. The van der Waals surface area contributed by atoms with Crippen molar-refractivity contribution in [2.45, 2.75) is 6.54 Å². The van der Waals surface area contributed by atoms with Crippen molar-refractivity contribution in [3.63, 3.8) is 0 Å². The standard InChI is InChI=1S/C20H13Cl2NO6S/c1-3-6-28-17-13(21)7-11(8-14(17)22)9-16-18(24)23(20(26)30-16)10-12-4-5-15(29-12)19(25)27-2/h1,4-5,7-9H,6,10H2,2H3/b16-9+. The van der Waals surface area contributed by atoms with Crippen molar-refractivity contribution in [1.82, 2.24) is 4.90 Å². The highest BCUT2D eigenvalue weighted by Gasteiger charge is 2.35. The Hall–Kier alpha value is -2.86. The number of hydrogen-bond donors (Lipinski definition) is 0. The van der Waals surface area contributed by atoms with E-state index in [1.165, 1.54) is 25.3 Å². The Morgan fingerprint density at radius 1 is 1.30 bits per heavy atom. The van der Waals surface area contributed by atoms with Gasteiger partial charge in [0.15, 0.2) is 5.75 Å². The van der Waals surface area contributed by atoms with Gasteiger partial charge in [-0.2, -0.15) is 0 Å². The van der Waals surface area contributed by atoms with Crippen molar-refractivity contribution >= 4 is 58.2 Å². The van der Waals surface area contributed by atoms with Gasteiger partial charge in [0.1, 0.15) is 12.4 Å². The number of furan rings is 1. The third-order valence-electron chi connectivity index (χ3n) is 3.85. The smallest absolute Gasteiger partial charge is 0.373 e. The van der Waals surface area contributed by atoms with E-state index in [1.807, 2.05) is 0 Å². The van der Waals surface area contributed by atoms with Gasteiger partial charge in [-0.25, -0.2) is 4.79 Å². The van der Waals surface area contributed by atoms with E-state index >= 15 is 0 Å². The van der Waals surface area contributed by atoms with E-state index in [0.29, 0.717) is 5.56 Å². The maximum atomic E-state index is 12.7. The van der Waals surface area contributed by atoms with Crippen LogP contribution in [0.5, 0.6) is 5.75 Å². The Balaban J connectivity index is 1.79. The molecule has 1 aromatic heterocycles. The van der Waals surface area contributed by atoms with Crippen LogP contribution in [0.4, 0.5) is 4.79 Å². The first-order chi connectivity index (χ1) is 14.3. The number of benzene rings is 1. The zero-order valence-corrected chi connectivity index (χ0v) is 17.8. The number of halogens is 2. The van der Waals surface area contributed by atoms with Crippen molar-refractivity contribution in [3.8, 4) is 18.1 Å². The third-order valence-corrected chi connectivity index (χ3v) is 5.32. The van der Waals surface area contributed by atoms with Gasteiger partial charge in [-0.15, -0.1) is 6.42 Å². The lowest BCUT2D eigenvalue weighted by atomic mass is 10.2. The van der Waals surface area contributed by atoms with Crippen molar-refractivity contribution in [1.29, 1.82) is 0 Å². The summed E-state index contributed by atoms with van der Waals surface area (Å²) in [7, 11) is 1.22. The summed E-state index contributed by atoms with van der Waals surface area (Å²) in [4.78, 5) is 37.6. The molecule has 0 spiro atoms. The molecule has 10 heteroatoms. The SMILES string of the molecule is C#CCOc1c(Cl)cc(/C=C2/SC(=O)N(Cc3ccc(C(=O)OC)o3)C2=O)cc1Cl. The minimum absolute atomic E-state index is 0.00213. The molecule has 1 fully saturated rings. The average Bonchev–Trinajstić information content (AvgIpc) is 3.27. The van der Waals surface area contributed by atoms with Gasteiger partial charge in [0.25, 0.3) is 11.1 Å². The minimum atomic E-state index is -0.654. The molecule has 2 aromatic rings. The summed E-state index contributed by atoms with van der Waals surface area (Å²) in [5.74, 6) is 1.63. The van der Waals surface area contributed by atoms with Crippen LogP contribution in [-0.4, -0.2) is 35.7 Å². The van der Waals surface area contributed by atoms with Gasteiger partial charge < -0.3 is 13.9 Å². The normalized spacial score (nSPS) is 14.9. The fourth-order valence-electron chi connectivity index (χ4n) is 2.53. The molecule has 0 bridgehead atoms. The molecule has 154 valence electrons.